The molecular formula is C18H10BrNO4. The summed E-state index contributed by atoms with van der Waals surface area (Å²) in [5, 5.41) is 1.18. The number of rotatable bonds is 2. The van der Waals surface area contributed by atoms with E-state index in [9.17, 15) is 9.59 Å². The second kappa shape index (κ2) is 5.35. The molecule has 0 saturated carbocycles. The molecule has 0 spiro atoms. The van der Waals surface area contributed by atoms with Gasteiger partial charge in [0.2, 0.25) is 0 Å². The highest BCUT2D eigenvalue weighted by Crippen LogP contribution is 2.38. The minimum absolute atomic E-state index is 0.344. The van der Waals surface area contributed by atoms with Gasteiger partial charge >= 0.3 is 11.9 Å². The monoisotopic (exact) mass is 383 g/mol. The molecule has 1 aliphatic heterocycles. The molecule has 0 unspecified atom stereocenters. The first-order valence-electron chi connectivity index (χ1n) is 7.10. The molecule has 2 N–H and O–H groups in total. The van der Waals surface area contributed by atoms with E-state index < -0.39 is 11.9 Å². The number of nitrogens with two attached hydrogens (primary N) is 1. The number of cyclic esters (lactones) is 2. The van der Waals surface area contributed by atoms with Gasteiger partial charge in [-0.1, -0.05) is 28.1 Å². The van der Waals surface area contributed by atoms with Crippen molar-refractivity contribution in [1.29, 1.82) is 0 Å². The number of halogens is 1. The number of hydrogen-bond donors (Lipinski definition) is 1. The van der Waals surface area contributed by atoms with Crippen molar-refractivity contribution in [3.8, 4) is 11.5 Å². The zero-order valence-corrected chi connectivity index (χ0v) is 13.8. The zero-order chi connectivity index (χ0) is 16.8. The van der Waals surface area contributed by atoms with Crippen LogP contribution in [0.5, 0.6) is 11.5 Å². The van der Waals surface area contributed by atoms with Gasteiger partial charge in [0.1, 0.15) is 11.5 Å². The van der Waals surface area contributed by atoms with Crippen LogP contribution < -0.4 is 10.5 Å². The average molecular weight is 384 g/mol. The Hall–Kier alpha value is -2.86. The Kier molecular flexibility index (Phi) is 3.28. The lowest BCUT2D eigenvalue weighted by atomic mass is 9.96. The second-order valence-corrected chi connectivity index (χ2v) is 6.22. The summed E-state index contributed by atoms with van der Waals surface area (Å²) in [6.07, 6.45) is 0. The van der Waals surface area contributed by atoms with Crippen LogP contribution in [0.15, 0.2) is 53.0 Å². The maximum atomic E-state index is 11.9. The summed E-state index contributed by atoms with van der Waals surface area (Å²) in [5.41, 5.74) is 7.13. The minimum Gasteiger partial charge on any atom is -0.455 e. The Morgan fingerprint density at radius 2 is 1.62 bits per heavy atom. The Balaban J connectivity index is 1.91. The zero-order valence-electron chi connectivity index (χ0n) is 12.2. The molecule has 4 rings (SSSR count). The van der Waals surface area contributed by atoms with Crippen LogP contribution in [0.4, 0.5) is 5.69 Å². The Morgan fingerprint density at radius 1 is 0.917 bits per heavy atom. The van der Waals surface area contributed by atoms with Crippen LogP contribution in [0, 0.1) is 0 Å². The first-order chi connectivity index (χ1) is 11.5. The maximum absolute atomic E-state index is 11.9. The predicted octanol–water partition coefficient (Wildman–Crippen LogP) is 4.29. The van der Waals surface area contributed by atoms with Gasteiger partial charge < -0.3 is 15.2 Å². The number of carbonyl (C=O) groups is 2. The highest BCUT2D eigenvalue weighted by atomic mass is 79.9. The number of anilines is 1. The van der Waals surface area contributed by atoms with Crippen LogP contribution in [0.1, 0.15) is 20.7 Å². The van der Waals surface area contributed by atoms with Crippen LogP contribution >= 0.6 is 15.9 Å². The number of carbonyl (C=O) groups excluding carboxylic acids is 2. The highest BCUT2D eigenvalue weighted by Gasteiger charge is 2.28. The molecule has 0 radical (unpaired) electrons. The third kappa shape index (κ3) is 2.23. The quantitative estimate of drug-likeness (QED) is 0.405. The van der Waals surface area contributed by atoms with Crippen LogP contribution in [0.25, 0.3) is 10.8 Å². The Morgan fingerprint density at radius 3 is 2.38 bits per heavy atom. The third-order valence-corrected chi connectivity index (χ3v) is 4.31. The number of hydrogen-bond acceptors (Lipinski definition) is 5. The SMILES string of the molecule is Nc1cc(Br)ccc1Oc1ccc2c3c(cccc13)C(=O)OC2=O. The second-order valence-electron chi connectivity index (χ2n) is 5.30. The average Bonchev–Trinajstić information content (AvgIpc) is 2.56. The normalized spacial score (nSPS) is 13.0. The van der Waals surface area contributed by atoms with Crippen LogP contribution in [0.2, 0.25) is 0 Å². The van der Waals surface area contributed by atoms with Gasteiger partial charge in [0.05, 0.1) is 16.8 Å². The first kappa shape index (κ1) is 14.7. The summed E-state index contributed by atoms with van der Waals surface area (Å²) in [5.74, 6) is -0.312. The summed E-state index contributed by atoms with van der Waals surface area (Å²) >= 11 is 3.35. The van der Waals surface area contributed by atoms with E-state index in [1.807, 2.05) is 6.07 Å². The largest absolute Gasteiger partial charge is 0.455 e. The van der Waals surface area contributed by atoms with Crippen molar-refractivity contribution in [3.63, 3.8) is 0 Å². The van der Waals surface area contributed by atoms with Crippen molar-refractivity contribution in [2.45, 2.75) is 0 Å². The first-order valence-corrected chi connectivity index (χ1v) is 7.89. The smallest absolute Gasteiger partial charge is 0.346 e. The van der Waals surface area contributed by atoms with Crippen LogP contribution in [-0.2, 0) is 4.74 Å². The highest BCUT2D eigenvalue weighted by molar-refractivity contribution is 9.10. The Bertz CT molecular complexity index is 1010. The molecule has 0 atom stereocenters. The van der Waals surface area contributed by atoms with Crippen molar-refractivity contribution >= 4 is 44.3 Å². The predicted molar refractivity (Wildman–Crippen MR) is 92.3 cm³/mol. The molecule has 6 heteroatoms. The summed E-state index contributed by atoms with van der Waals surface area (Å²) < 4.78 is 11.5. The van der Waals surface area contributed by atoms with Crippen LogP contribution in [-0.4, -0.2) is 11.9 Å². The standard InChI is InChI=1S/C18H10BrNO4/c19-9-4-6-15(13(20)8-9)23-14-7-5-12-16-10(14)2-1-3-11(16)17(21)24-18(12)22/h1-8H,20H2. The number of esters is 2. The molecule has 3 aromatic carbocycles. The lowest BCUT2D eigenvalue weighted by Crippen LogP contribution is -2.19. The van der Waals surface area contributed by atoms with Crippen molar-refractivity contribution in [2.24, 2.45) is 0 Å². The molecule has 0 fully saturated rings. The molecule has 3 aromatic rings. The van der Waals surface area contributed by atoms with E-state index >= 15 is 0 Å². The molecule has 0 saturated heterocycles. The van der Waals surface area contributed by atoms with E-state index in [-0.39, 0.29) is 0 Å². The van der Waals surface area contributed by atoms with Gasteiger partial charge in [-0.3, -0.25) is 0 Å². The van der Waals surface area contributed by atoms with E-state index in [1.165, 1.54) is 0 Å². The summed E-state index contributed by atoms with van der Waals surface area (Å²) in [7, 11) is 0. The molecule has 0 aromatic heterocycles. The lowest BCUT2D eigenvalue weighted by molar-refractivity contribution is 0.0391. The minimum atomic E-state index is -0.654. The van der Waals surface area contributed by atoms with E-state index in [0.717, 1.165) is 4.47 Å². The van der Waals surface area contributed by atoms with Gasteiger partial charge in [-0.05, 0) is 36.4 Å². The van der Waals surface area contributed by atoms with E-state index in [4.69, 9.17) is 15.2 Å². The molecule has 1 aliphatic rings. The molecular weight excluding hydrogens is 374 g/mol. The number of ether oxygens (including phenoxy) is 2. The van der Waals surface area contributed by atoms with Gasteiger partial charge in [-0.15, -0.1) is 0 Å². The van der Waals surface area contributed by atoms with Gasteiger partial charge in [0, 0.05) is 15.2 Å². The van der Waals surface area contributed by atoms with Crippen molar-refractivity contribution < 1.29 is 19.1 Å². The van der Waals surface area contributed by atoms with Gasteiger partial charge in [0.25, 0.3) is 0 Å². The van der Waals surface area contributed by atoms with Crippen LogP contribution in [0.3, 0.4) is 0 Å². The van der Waals surface area contributed by atoms with Gasteiger partial charge in [-0.25, -0.2) is 9.59 Å². The van der Waals surface area contributed by atoms with E-state index in [0.29, 0.717) is 39.1 Å². The number of benzene rings is 3. The van der Waals surface area contributed by atoms with E-state index in [1.54, 1.807) is 42.5 Å². The summed E-state index contributed by atoms with van der Waals surface area (Å²) in [6, 6.07) is 13.7. The molecule has 118 valence electrons. The maximum Gasteiger partial charge on any atom is 0.346 e. The molecule has 1 heterocycles. The Labute approximate surface area is 145 Å². The summed E-state index contributed by atoms with van der Waals surface area (Å²) in [4.78, 5) is 23.9. The van der Waals surface area contributed by atoms with Crippen molar-refractivity contribution in [3.05, 3.63) is 64.1 Å². The topological polar surface area (TPSA) is 78.6 Å². The van der Waals surface area contributed by atoms with Gasteiger partial charge in [0.15, 0.2) is 0 Å². The fourth-order valence-electron chi connectivity index (χ4n) is 2.73. The van der Waals surface area contributed by atoms with E-state index in [2.05, 4.69) is 15.9 Å². The van der Waals surface area contributed by atoms with Gasteiger partial charge in [-0.2, -0.15) is 0 Å². The number of nitrogen functional groups attached to an aromatic ring is 1. The third-order valence-electron chi connectivity index (χ3n) is 3.82. The van der Waals surface area contributed by atoms with Crippen molar-refractivity contribution in [1.82, 2.24) is 0 Å². The lowest BCUT2D eigenvalue weighted by Gasteiger charge is -2.18. The molecule has 5 nitrogen and oxygen atoms in total. The fourth-order valence-corrected chi connectivity index (χ4v) is 3.11. The molecule has 24 heavy (non-hydrogen) atoms. The fraction of sp³-hybridized carbons (Fsp3) is 0. The van der Waals surface area contributed by atoms with Crippen molar-refractivity contribution in [2.75, 3.05) is 5.73 Å². The summed E-state index contributed by atoms with van der Waals surface area (Å²) in [6.45, 7) is 0. The molecule has 0 amide bonds. The molecule has 0 bridgehead atoms. The molecule has 0 aliphatic carbocycles.